The van der Waals surface area contributed by atoms with Crippen LogP contribution < -0.4 is 4.74 Å². The average molecular weight is 296 g/mol. The Balaban J connectivity index is 3.00. The summed E-state index contributed by atoms with van der Waals surface area (Å²) in [6, 6.07) is 7.47. The lowest BCUT2D eigenvalue weighted by molar-refractivity contribution is -0.0394. The summed E-state index contributed by atoms with van der Waals surface area (Å²) in [7, 11) is 0. The van der Waals surface area contributed by atoms with Crippen molar-refractivity contribution in [2.75, 3.05) is 0 Å². The molecule has 0 radical (unpaired) electrons. The van der Waals surface area contributed by atoms with Crippen LogP contribution in [0.25, 0.3) is 0 Å². The van der Waals surface area contributed by atoms with Crippen molar-refractivity contribution in [2.45, 2.75) is 45.5 Å². The second kappa shape index (κ2) is 7.72. The van der Waals surface area contributed by atoms with Crippen LogP contribution >= 0.6 is 12.6 Å². The maximum absolute atomic E-state index is 9.16. The van der Waals surface area contributed by atoms with Crippen molar-refractivity contribution >= 4 is 12.6 Å². The molecule has 20 heavy (non-hydrogen) atoms. The van der Waals surface area contributed by atoms with Gasteiger partial charge in [-0.2, -0.15) is 12.6 Å². The summed E-state index contributed by atoms with van der Waals surface area (Å²) >= 11 is 4.12. The minimum atomic E-state index is -1.37. The molecule has 2 N–H and O–H groups in total. The monoisotopic (exact) mass is 296 g/mol. The molecule has 0 aliphatic rings. The molecule has 112 valence electrons. The van der Waals surface area contributed by atoms with Crippen LogP contribution in [0.4, 0.5) is 0 Å². The highest BCUT2D eigenvalue weighted by Crippen LogP contribution is 2.31. The van der Waals surface area contributed by atoms with Gasteiger partial charge in [0.25, 0.3) is 0 Å². The van der Waals surface area contributed by atoms with Gasteiger partial charge in [-0.05, 0) is 30.4 Å². The van der Waals surface area contributed by atoms with Gasteiger partial charge >= 0.3 is 0 Å². The molecule has 0 amide bonds. The molecule has 4 heteroatoms. The van der Waals surface area contributed by atoms with Crippen LogP contribution in [0, 0.1) is 5.92 Å². The Morgan fingerprint density at radius 1 is 1.35 bits per heavy atom. The third kappa shape index (κ3) is 4.54. The highest BCUT2D eigenvalue weighted by Gasteiger charge is 2.30. The molecule has 0 aliphatic heterocycles. The van der Waals surface area contributed by atoms with Gasteiger partial charge in [-0.25, -0.2) is 0 Å². The Hall–Kier alpha value is -0.970. The number of aliphatic hydroxyl groups excluding tert-OH is 1. The van der Waals surface area contributed by atoms with Crippen molar-refractivity contribution in [3.05, 3.63) is 41.3 Å². The Kier molecular flexibility index (Phi) is 6.59. The van der Waals surface area contributed by atoms with Crippen molar-refractivity contribution in [2.24, 2.45) is 5.92 Å². The fourth-order valence-corrected chi connectivity index (χ4v) is 2.30. The maximum Gasteiger partial charge on any atom is 0.155 e. The molecule has 3 nitrogen and oxygen atoms in total. The quantitative estimate of drug-likeness (QED) is 0.535. The molecular formula is C16H24O3S. The molecule has 0 bridgehead atoms. The first-order valence-electron chi connectivity index (χ1n) is 6.87. The Bertz CT molecular complexity index is 445. The topological polar surface area (TPSA) is 49.7 Å². The van der Waals surface area contributed by atoms with E-state index in [9.17, 15) is 0 Å². The van der Waals surface area contributed by atoms with Gasteiger partial charge in [-0.1, -0.05) is 38.1 Å². The van der Waals surface area contributed by atoms with E-state index >= 15 is 0 Å². The van der Waals surface area contributed by atoms with E-state index < -0.39 is 6.29 Å². The molecule has 0 spiro atoms. The Morgan fingerprint density at radius 3 is 2.55 bits per heavy atom. The largest absolute Gasteiger partial charge is 0.487 e. The van der Waals surface area contributed by atoms with Crippen LogP contribution in [-0.4, -0.2) is 22.1 Å². The van der Waals surface area contributed by atoms with Crippen LogP contribution in [-0.2, 0) is 6.42 Å². The van der Waals surface area contributed by atoms with Crippen LogP contribution in [0.3, 0.4) is 0 Å². The SMILES string of the molecule is CCC(C)(Oc1ccccc1CC(O)O)C(C)/C=C\S. The number of benzene rings is 1. The second-order valence-corrected chi connectivity index (χ2v) is 5.49. The van der Waals surface area contributed by atoms with Gasteiger partial charge in [0, 0.05) is 12.3 Å². The van der Waals surface area contributed by atoms with E-state index in [4.69, 9.17) is 14.9 Å². The molecule has 0 aliphatic carbocycles. The van der Waals surface area contributed by atoms with E-state index in [1.807, 2.05) is 30.3 Å². The van der Waals surface area contributed by atoms with Crippen molar-refractivity contribution in [1.82, 2.24) is 0 Å². The van der Waals surface area contributed by atoms with Crippen LogP contribution in [0.15, 0.2) is 35.7 Å². The van der Waals surface area contributed by atoms with E-state index in [-0.39, 0.29) is 17.9 Å². The van der Waals surface area contributed by atoms with Crippen molar-refractivity contribution in [3.8, 4) is 5.75 Å². The number of hydrogen-bond donors (Lipinski definition) is 3. The molecule has 0 aromatic heterocycles. The summed E-state index contributed by atoms with van der Waals surface area (Å²) in [5.41, 5.74) is 0.430. The third-order valence-electron chi connectivity index (χ3n) is 3.76. The molecule has 2 atom stereocenters. The minimum absolute atomic E-state index is 0.159. The summed E-state index contributed by atoms with van der Waals surface area (Å²) in [4.78, 5) is 0. The molecule has 2 unspecified atom stereocenters. The summed E-state index contributed by atoms with van der Waals surface area (Å²) in [6.07, 6.45) is 1.62. The smallest absolute Gasteiger partial charge is 0.155 e. The van der Waals surface area contributed by atoms with Crippen molar-refractivity contribution < 1.29 is 14.9 Å². The third-order valence-corrected chi connectivity index (χ3v) is 3.93. The molecule has 1 aromatic carbocycles. The highest BCUT2D eigenvalue weighted by atomic mass is 32.1. The average Bonchev–Trinajstić information content (AvgIpc) is 2.40. The summed E-state index contributed by atoms with van der Waals surface area (Å²) in [6.45, 7) is 6.21. The predicted molar refractivity (Wildman–Crippen MR) is 85.0 cm³/mol. The lowest BCUT2D eigenvalue weighted by Crippen LogP contribution is -2.38. The number of thiol groups is 1. The van der Waals surface area contributed by atoms with Gasteiger partial charge in [0.1, 0.15) is 11.4 Å². The minimum Gasteiger partial charge on any atom is -0.487 e. The van der Waals surface area contributed by atoms with Gasteiger partial charge < -0.3 is 14.9 Å². The molecular weight excluding hydrogens is 272 g/mol. The zero-order valence-corrected chi connectivity index (χ0v) is 13.2. The zero-order chi connectivity index (χ0) is 15.2. The Labute approximate surface area is 126 Å². The van der Waals surface area contributed by atoms with Gasteiger partial charge in [0.2, 0.25) is 0 Å². The fraction of sp³-hybridized carbons (Fsp3) is 0.500. The molecule has 1 rings (SSSR count). The standard InChI is InChI=1S/C16H24O3S/c1-4-16(3,12(2)9-10-20)19-14-8-6-5-7-13(14)11-15(17)18/h5-10,12,15,17-18,20H,4,11H2,1-3H3/b10-9-. The summed E-state index contributed by atoms with van der Waals surface area (Å²) in [5, 5.41) is 20.0. The predicted octanol–water partition coefficient (Wildman–Crippen LogP) is 3.17. The van der Waals surface area contributed by atoms with Crippen LogP contribution in [0.1, 0.15) is 32.8 Å². The molecule has 1 aromatic rings. The Morgan fingerprint density at radius 2 is 2.00 bits per heavy atom. The van der Waals surface area contributed by atoms with Gasteiger partial charge in [0.15, 0.2) is 6.29 Å². The summed E-state index contributed by atoms with van der Waals surface area (Å²) < 4.78 is 6.19. The fourth-order valence-electron chi connectivity index (χ4n) is 2.04. The van der Waals surface area contributed by atoms with Crippen LogP contribution in [0.2, 0.25) is 0 Å². The molecule has 0 saturated carbocycles. The second-order valence-electron chi connectivity index (χ2n) is 5.19. The zero-order valence-electron chi connectivity index (χ0n) is 12.3. The van der Waals surface area contributed by atoms with Crippen molar-refractivity contribution in [1.29, 1.82) is 0 Å². The number of hydrogen-bond acceptors (Lipinski definition) is 4. The van der Waals surface area contributed by atoms with E-state index in [1.165, 1.54) is 0 Å². The van der Waals surface area contributed by atoms with Crippen molar-refractivity contribution in [3.63, 3.8) is 0 Å². The number of rotatable bonds is 7. The number of ether oxygens (including phenoxy) is 1. The van der Waals surface area contributed by atoms with Gasteiger partial charge in [-0.15, -0.1) is 0 Å². The first-order chi connectivity index (χ1) is 9.42. The lowest BCUT2D eigenvalue weighted by Gasteiger charge is -2.35. The summed E-state index contributed by atoms with van der Waals surface area (Å²) in [5.74, 6) is 0.890. The normalized spacial score (nSPS) is 16.4. The maximum atomic E-state index is 9.16. The first kappa shape index (κ1) is 17.1. The van der Waals surface area contributed by atoms with Gasteiger partial charge in [-0.3, -0.25) is 0 Å². The molecule has 0 heterocycles. The van der Waals surface area contributed by atoms with Crippen LogP contribution in [0.5, 0.6) is 5.75 Å². The molecule has 0 fully saturated rings. The van der Waals surface area contributed by atoms with E-state index in [1.54, 1.807) is 5.41 Å². The highest BCUT2D eigenvalue weighted by molar-refractivity contribution is 7.83. The number of para-hydroxylation sites is 1. The van der Waals surface area contributed by atoms with E-state index in [0.29, 0.717) is 5.75 Å². The van der Waals surface area contributed by atoms with E-state index in [0.717, 1.165) is 12.0 Å². The number of aliphatic hydroxyl groups is 2. The van der Waals surface area contributed by atoms with E-state index in [2.05, 4.69) is 33.4 Å². The van der Waals surface area contributed by atoms with Gasteiger partial charge in [0.05, 0.1) is 0 Å². The molecule has 0 saturated heterocycles. The lowest BCUT2D eigenvalue weighted by atomic mass is 9.88. The first-order valence-corrected chi connectivity index (χ1v) is 7.38.